The van der Waals surface area contributed by atoms with Crippen molar-refractivity contribution in [3.8, 4) is 0 Å². The average molecular weight is 340 g/mol. The van der Waals surface area contributed by atoms with Gasteiger partial charge in [-0.3, -0.25) is 4.68 Å². The third-order valence-electron chi connectivity index (χ3n) is 4.91. The molecule has 1 aliphatic heterocycles. The number of pyridine rings is 1. The van der Waals surface area contributed by atoms with Gasteiger partial charge in [0.25, 0.3) is 5.92 Å². The first-order valence-electron chi connectivity index (χ1n) is 7.69. The summed E-state index contributed by atoms with van der Waals surface area (Å²) in [5, 5.41) is 14.7. The molecule has 0 N–H and O–H groups in total. The van der Waals surface area contributed by atoms with Crippen LogP contribution in [0.5, 0.6) is 0 Å². The van der Waals surface area contributed by atoms with Gasteiger partial charge in [-0.25, -0.2) is 13.8 Å². The number of carbonyl (C=O) groups is 1. The summed E-state index contributed by atoms with van der Waals surface area (Å²) in [6, 6.07) is 3.69. The number of hydrogen-bond acceptors (Lipinski definition) is 5. The Morgan fingerprint density at radius 3 is 2.60 bits per heavy atom. The molecule has 9 heteroatoms. The van der Waals surface area contributed by atoms with Crippen LogP contribution in [-0.4, -0.2) is 39.7 Å². The summed E-state index contributed by atoms with van der Waals surface area (Å²) in [6.45, 7) is 2.91. The molecule has 1 saturated carbocycles. The standard InChI is InChI=1S/C16H16F2N4O2.Li/c1-9-10(5-22-6-11(4-19-22)15(23)24)2-3-14(20-9)21-7-12-13(8-21)16(12,17)18;/h2-4,6,12-13H,5,7-8H2,1H3,(H,23,24);/q;+1/p-1. The number of aromatic carboxylic acids is 1. The van der Waals surface area contributed by atoms with Gasteiger partial charge in [0.2, 0.25) is 0 Å². The van der Waals surface area contributed by atoms with Gasteiger partial charge in [0.15, 0.2) is 0 Å². The molecule has 2 aliphatic rings. The number of carbonyl (C=O) groups excluding carboxylic acids is 1. The van der Waals surface area contributed by atoms with Crippen molar-refractivity contribution >= 4 is 11.8 Å². The zero-order valence-corrected chi connectivity index (χ0v) is 13.9. The Morgan fingerprint density at radius 2 is 2.04 bits per heavy atom. The number of alkyl halides is 2. The van der Waals surface area contributed by atoms with Crippen molar-refractivity contribution in [1.29, 1.82) is 0 Å². The minimum atomic E-state index is -2.50. The quantitative estimate of drug-likeness (QED) is 0.586. The number of aromatic nitrogens is 3. The Kier molecular flexibility index (Phi) is 4.38. The molecule has 2 unspecified atom stereocenters. The van der Waals surface area contributed by atoms with Crippen LogP contribution in [0.25, 0.3) is 0 Å². The molecule has 0 bridgehead atoms. The Hall–Kier alpha value is -1.91. The zero-order valence-electron chi connectivity index (χ0n) is 13.9. The van der Waals surface area contributed by atoms with Crippen molar-refractivity contribution in [2.45, 2.75) is 19.4 Å². The average Bonchev–Trinajstić information content (AvgIpc) is 3.00. The molecule has 1 aliphatic carbocycles. The maximum atomic E-state index is 13.3. The van der Waals surface area contributed by atoms with E-state index >= 15 is 0 Å². The minimum absolute atomic E-state index is 0. The second-order valence-electron chi connectivity index (χ2n) is 6.42. The molecule has 0 amide bonds. The van der Waals surface area contributed by atoms with Crippen LogP contribution < -0.4 is 28.9 Å². The number of halogens is 2. The van der Waals surface area contributed by atoms with Crippen molar-refractivity contribution in [2.75, 3.05) is 18.0 Å². The second kappa shape index (κ2) is 6.11. The molecule has 2 fully saturated rings. The molecular weight excluding hydrogens is 325 g/mol. The molecule has 0 aromatic carbocycles. The Balaban J connectivity index is 0.00000182. The SMILES string of the molecule is Cc1nc(N2CC3C(C2)C3(F)F)ccc1Cn1cc(C(=O)[O-])cn1.[Li+]. The number of fused-ring (bicyclic) bond motifs is 1. The summed E-state index contributed by atoms with van der Waals surface area (Å²) in [4.78, 5) is 17.2. The Morgan fingerprint density at radius 1 is 1.36 bits per heavy atom. The molecule has 2 atom stereocenters. The fraction of sp³-hybridized carbons (Fsp3) is 0.438. The van der Waals surface area contributed by atoms with E-state index < -0.39 is 23.7 Å². The van der Waals surface area contributed by atoms with Crippen molar-refractivity contribution in [1.82, 2.24) is 14.8 Å². The number of carboxylic acids is 1. The molecule has 126 valence electrons. The topological polar surface area (TPSA) is 74.1 Å². The number of aryl methyl sites for hydroxylation is 1. The summed E-state index contributed by atoms with van der Waals surface area (Å²) in [5.41, 5.74) is 1.68. The van der Waals surface area contributed by atoms with E-state index in [1.165, 1.54) is 17.1 Å². The fourth-order valence-corrected chi connectivity index (χ4v) is 3.34. The summed E-state index contributed by atoms with van der Waals surface area (Å²) >= 11 is 0. The summed E-state index contributed by atoms with van der Waals surface area (Å²) in [7, 11) is 0. The Bertz CT molecular complexity index is 812. The summed E-state index contributed by atoms with van der Waals surface area (Å²) in [5.74, 6) is -4.13. The zero-order chi connectivity index (χ0) is 17.1. The van der Waals surface area contributed by atoms with E-state index in [0.717, 1.165) is 11.3 Å². The molecule has 4 rings (SSSR count). The van der Waals surface area contributed by atoms with Gasteiger partial charge >= 0.3 is 18.9 Å². The predicted molar refractivity (Wildman–Crippen MR) is 78.8 cm³/mol. The van der Waals surface area contributed by atoms with Crippen molar-refractivity contribution in [3.63, 3.8) is 0 Å². The van der Waals surface area contributed by atoms with Crippen LogP contribution in [0.4, 0.5) is 14.6 Å². The number of piperidine rings is 1. The van der Waals surface area contributed by atoms with Crippen molar-refractivity contribution in [2.24, 2.45) is 11.8 Å². The van der Waals surface area contributed by atoms with Gasteiger partial charge in [-0.2, -0.15) is 5.10 Å². The van der Waals surface area contributed by atoms with Crippen LogP contribution in [-0.2, 0) is 6.54 Å². The Labute approximate surface area is 155 Å². The van der Waals surface area contributed by atoms with Gasteiger partial charge in [0.1, 0.15) is 5.82 Å². The third kappa shape index (κ3) is 3.05. The fourth-order valence-electron chi connectivity index (χ4n) is 3.34. The van der Waals surface area contributed by atoms with Crippen LogP contribution in [0.1, 0.15) is 21.6 Å². The number of nitrogens with zero attached hydrogens (tertiary/aromatic N) is 4. The van der Waals surface area contributed by atoms with Crippen LogP contribution in [0, 0.1) is 18.8 Å². The van der Waals surface area contributed by atoms with E-state index in [0.29, 0.717) is 25.5 Å². The van der Waals surface area contributed by atoms with Gasteiger partial charge < -0.3 is 14.8 Å². The maximum absolute atomic E-state index is 13.3. The molecule has 0 radical (unpaired) electrons. The molecule has 2 aromatic rings. The van der Waals surface area contributed by atoms with E-state index in [2.05, 4.69) is 10.1 Å². The number of anilines is 1. The largest absolute Gasteiger partial charge is 1.00 e. The van der Waals surface area contributed by atoms with E-state index in [-0.39, 0.29) is 24.4 Å². The van der Waals surface area contributed by atoms with E-state index in [1.807, 2.05) is 24.0 Å². The second-order valence-corrected chi connectivity index (χ2v) is 6.42. The van der Waals surface area contributed by atoms with Crippen molar-refractivity contribution in [3.05, 3.63) is 41.3 Å². The molecular formula is C16H15F2LiN4O2. The van der Waals surface area contributed by atoms with Gasteiger partial charge in [-0.1, -0.05) is 6.07 Å². The molecule has 2 aromatic heterocycles. The minimum Gasteiger partial charge on any atom is -0.545 e. The molecule has 6 nitrogen and oxygen atoms in total. The van der Waals surface area contributed by atoms with Crippen LogP contribution in [0.3, 0.4) is 0 Å². The van der Waals surface area contributed by atoms with Gasteiger partial charge in [-0.15, -0.1) is 0 Å². The van der Waals surface area contributed by atoms with E-state index in [4.69, 9.17) is 0 Å². The number of hydrogen-bond donors (Lipinski definition) is 0. The summed E-state index contributed by atoms with van der Waals surface area (Å²) < 4.78 is 28.0. The van der Waals surface area contributed by atoms with Crippen LogP contribution >= 0.6 is 0 Å². The first-order chi connectivity index (χ1) is 11.4. The molecule has 0 spiro atoms. The van der Waals surface area contributed by atoms with Gasteiger partial charge in [0.05, 0.1) is 30.5 Å². The molecule has 1 saturated heterocycles. The molecule has 3 heterocycles. The van der Waals surface area contributed by atoms with Gasteiger partial charge in [-0.05, 0) is 18.6 Å². The third-order valence-corrected chi connectivity index (χ3v) is 4.91. The first-order valence-corrected chi connectivity index (χ1v) is 7.69. The maximum Gasteiger partial charge on any atom is 1.00 e. The number of rotatable bonds is 4. The van der Waals surface area contributed by atoms with Crippen LogP contribution in [0.2, 0.25) is 0 Å². The normalized spacial score (nSPS) is 23.1. The van der Waals surface area contributed by atoms with E-state index in [9.17, 15) is 18.7 Å². The molecule has 25 heavy (non-hydrogen) atoms. The first kappa shape index (κ1) is 17.9. The predicted octanol–water partition coefficient (Wildman–Crippen LogP) is -2.30. The van der Waals surface area contributed by atoms with Gasteiger partial charge in [0, 0.05) is 30.5 Å². The van der Waals surface area contributed by atoms with Crippen LogP contribution in [0.15, 0.2) is 24.5 Å². The number of carboxylic acid groups (broad SMARTS) is 1. The van der Waals surface area contributed by atoms with E-state index in [1.54, 1.807) is 0 Å². The van der Waals surface area contributed by atoms with Crippen molar-refractivity contribution < 1.29 is 37.5 Å². The smallest absolute Gasteiger partial charge is 0.545 e. The summed E-state index contributed by atoms with van der Waals surface area (Å²) in [6.07, 6.45) is 2.64. The monoisotopic (exact) mass is 340 g/mol.